The fourth-order valence-electron chi connectivity index (χ4n) is 2.05. The lowest BCUT2D eigenvalue weighted by Crippen LogP contribution is -2.13. The molecule has 0 bridgehead atoms. The SMILES string of the molecule is O=C(Nc1cccc(NCc2cncc(Br)c2)c1)C1CC1. The molecule has 0 saturated heterocycles. The van der Waals surface area contributed by atoms with Gasteiger partial charge in [0.05, 0.1) is 0 Å². The first kappa shape index (κ1) is 14.1. The minimum Gasteiger partial charge on any atom is -0.381 e. The fraction of sp³-hybridized carbons (Fsp3) is 0.250. The quantitative estimate of drug-likeness (QED) is 0.866. The molecule has 1 aliphatic rings. The molecule has 0 spiro atoms. The number of rotatable bonds is 5. The standard InChI is InChI=1S/C16H16BrN3O/c17-13-6-11(8-18-10-13)9-19-14-2-1-3-15(7-14)20-16(21)12-4-5-12/h1-3,6-8,10,12,19H,4-5,9H2,(H,20,21). The Balaban J connectivity index is 1.61. The zero-order valence-electron chi connectivity index (χ0n) is 11.5. The molecule has 4 nitrogen and oxygen atoms in total. The molecule has 2 N–H and O–H groups in total. The number of anilines is 2. The number of nitrogens with zero attached hydrogens (tertiary/aromatic N) is 1. The van der Waals surface area contributed by atoms with E-state index in [2.05, 4.69) is 31.5 Å². The number of halogens is 1. The van der Waals surface area contributed by atoms with Crippen LogP contribution in [0.4, 0.5) is 11.4 Å². The number of amides is 1. The molecule has 1 amide bonds. The predicted octanol–water partition coefficient (Wildman–Crippen LogP) is 3.80. The first-order valence-electron chi connectivity index (χ1n) is 6.95. The third-order valence-electron chi connectivity index (χ3n) is 3.34. The second-order valence-electron chi connectivity index (χ2n) is 5.21. The van der Waals surface area contributed by atoms with Gasteiger partial charge in [0.2, 0.25) is 5.91 Å². The van der Waals surface area contributed by atoms with Crippen molar-refractivity contribution < 1.29 is 4.79 Å². The van der Waals surface area contributed by atoms with Gasteiger partial charge in [0.25, 0.3) is 0 Å². The number of carbonyl (C=O) groups excluding carboxylic acids is 1. The Morgan fingerprint density at radius 1 is 1.24 bits per heavy atom. The third-order valence-corrected chi connectivity index (χ3v) is 3.77. The van der Waals surface area contributed by atoms with E-state index in [4.69, 9.17) is 0 Å². The monoisotopic (exact) mass is 345 g/mol. The van der Waals surface area contributed by atoms with E-state index in [0.29, 0.717) is 6.54 Å². The molecule has 1 aromatic heterocycles. The van der Waals surface area contributed by atoms with Crippen LogP contribution in [-0.2, 0) is 11.3 Å². The van der Waals surface area contributed by atoms with Crippen LogP contribution in [0.25, 0.3) is 0 Å². The minimum absolute atomic E-state index is 0.128. The van der Waals surface area contributed by atoms with Crippen LogP contribution in [0.15, 0.2) is 47.2 Å². The Bertz CT molecular complexity index is 655. The van der Waals surface area contributed by atoms with Crippen molar-refractivity contribution in [1.82, 2.24) is 4.98 Å². The molecule has 0 radical (unpaired) electrons. The molecule has 0 aliphatic heterocycles. The lowest BCUT2D eigenvalue weighted by molar-refractivity contribution is -0.117. The topological polar surface area (TPSA) is 54.0 Å². The molecule has 0 atom stereocenters. The van der Waals surface area contributed by atoms with Gasteiger partial charge >= 0.3 is 0 Å². The predicted molar refractivity (Wildman–Crippen MR) is 87.1 cm³/mol. The number of hydrogen-bond donors (Lipinski definition) is 2. The van der Waals surface area contributed by atoms with Gasteiger partial charge < -0.3 is 10.6 Å². The second-order valence-corrected chi connectivity index (χ2v) is 6.12. The van der Waals surface area contributed by atoms with Gasteiger partial charge in [-0.3, -0.25) is 9.78 Å². The molecule has 1 heterocycles. The molecular formula is C16H16BrN3O. The Morgan fingerprint density at radius 2 is 2.05 bits per heavy atom. The maximum atomic E-state index is 11.8. The highest BCUT2D eigenvalue weighted by Gasteiger charge is 2.29. The molecule has 108 valence electrons. The zero-order valence-corrected chi connectivity index (χ0v) is 13.1. The van der Waals surface area contributed by atoms with Crippen LogP contribution in [0.2, 0.25) is 0 Å². The van der Waals surface area contributed by atoms with E-state index in [9.17, 15) is 4.79 Å². The van der Waals surface area contributed by atoms with Crippen molar-refractivity contribution in [2.45, 2.75) is 19.4 Å². The maximum absolute atomic E-state index is 11.8. The molecule has 3 rings (SSSR count). The highest BCUT2D eigenvalue weighted by atomic mass is 79.9. The van der Waals surface area contributed by atoms with Gasteiger partial charge in [0.1, 0.15) is 0 Å². The number of nitrogens with one attached hydrogen (secondary N) is 2. The molecule has 1 saturated carbocycles. The van der Waals surface area contributed by atoms with Gasteiger partial charge in [0, 0.05) is 40.7 Å². The Kier molecular flexibility index (Phi) is 4.20. The minimum atomic E-state index is 0.128. The van der Waals surface area contributed by atoms with Gasteiger partial charge in [-0.15, -0.1) is 0 Å². The van der Waals surface area contributed by atoms with Crippen LogP contribution >= 0.6 is 15.9 Å². The summed E-state index contributed by atoms with van der Waals surface area (Å²) in [4.78, 5) is 15.9. The fourth-order valence-corrected chi connectivity index (χ4v) is 2.47. The van der Waals surface area contributed by atoms with Crippen molar-refractivity contribution in [2.24, 2.45) is 5.92 Å². The average Bonchev–Trinajstić information content (AvgIpc) is 3.30. The summed E-state index contributed by atoms with van der Waals surface area (Å²) in [6.45, 7) is 0.687. The highest BCUT2D eigenvalue weighted by Crippen LogP contribution is 2.30. The van der Waals surface area contributed by atoms with Gasteiger partial charge in [-0.2, -0.15) is 0 Å². The van der Waals surface area contributed by atoms with E-state index in [-0.39, 0.29) is 11.8 Å². The molecule has 5 heteroatoms. The van der Waals surface area contributed by atoms with E-state index >= 15 is 0 Å². The number of carbonyl (C=O) groups is 1. The summed E-state index contributed by atoms with van der Waals surface area (Å²) in [6, 6.07) is 9.80. The van der Waals surface area contributed by atoms with Gasteiger partial charge in [-0.05, 0) is 58.6 Å². The third kappa shape index (κ3) is 4.04. The Labute approximate surface area is 132 Å². The lowest BCUT2D eigenvalue weighted by atomic mass is 10.2. The molecule has 1 fully saturated rings. The normalized spacial score (nSPS) is 13.8. The second kappa shape index (κ2) is 6.26. The summed E-state index contributed by atoms with van der Waals surface area (Å²) in [5, 5.41) is 6.29. The molecule has 1 aliphatic carbocycles. The van der Waals surface area contributed by atoms with Crippen molar-refractivity contribution in [3.63, 3.8) is 0 Å². The number of aromatic nitrogens is 1. The van der Waals surface area contributed by atoms with Crippen molar-refractivity contribution in [2.75, 3.05) is 10.6 Å². The molecular weight excluding hydrogens is 330 g/mol. The van der Waals surface area contributed by atoms with Crippen LogP contribution in [-0.4, -0.2) is 10.9 Å². The largest absolute Gasteiger partial charge is 0.381 e. The first-order chi connectivity index (χ1) is 10.2. The smallest absolute Gasteiger partial charge is 0.227 e. The summed E-state index contributed by atoms with van der Waals surface area (Å²) in [7, 11) is 0. The van der Waals surface area contributed by atoms with Crippen molar-refractivity contribution in [3.05, 3.63) is 52.8 Å². The van der Waals surface area contributed by atoms with Crippen molar-refractivity contribution >= 4 is 33.2 Å². The van der Waals surface area contributed by atoms with E-state index < -0.39 is 0 Å². The molecule has 2 aromatic rings. The lowest BCUT2D eigenvalue weighted by Gasteiger charge is -2.09. The Hall–Kier alpha value is -1.88. The van der Waals surface area contributed by atoms with Crippen LogP contribution in [0.1, 0.15) is 18.4 Å². The molecule has 0 unspecified atom stereocenters. The van der Waals surface area contributed by atoms with Crippen LogP contribution in [0.5, 0.6) is 0 Å². The zero-order chi connectivity index (χ0) is 14.7. The number of pyridine rings is 1. The number of benzene rings is 1. The summed E-state index contributed by atoms with van der Waals surface area (Å²) in [5.74, 6) is 0.345. The van der Waals surface area contributed by atoms with E-state index in [0.717, 1.165) is 34.3 Å². The first-order valence-corrected chi connectivity index (χ1v) is 7.74. The highest BCUT2D eigenvalue weighted by molar-refractivity contribution is 9.10. The Morgan fingerprint density at radius 3 is 2.81 bits per heavy atom. The molecule has 1 aromatic carbocycles. The van der Waals surface area contributed by atoms with Crippen molar-refractivity contribution in [1.29, 1.82) is 0 Å². The van der Waals surface area contributed by atoms with E-state index in [1.165, 1.54) is 0 Å². The summed E-state index contributed by atoms with van der Waals surface area (Å²) < 4.78 is 0.965. The summed E-state index contributed by atoms with van der Waals surface area (Å²) >= 11 is 3.41. The summed E-state index contributed by atoms with van der Waals surface area (Å²) in [6.07, 6.45) is 5.62. The van der Waals surface area contributed by atoms with E-state index in [1.54, 1.807) is 6.20 Å². The van der Waals surface area contributed by atoms with Crippen LogP contribution in [0, 0.1) is 5.92 Å². The van der Waals surface area contributed by atoms with Gasteiger partial charge in [0.15, 0.2) is 0 Å². The maximum Gasteiger partial charge on any atom is 0.227 e. The number of hydrogen-bond acceptors (Lipinski definition) is 3. The van der Waals surface area contributed by atoms with Gasteiger partial charge in [-0.1, -0.05) is 6.07 Å². The molecule has 21 heavy (non-hydrogen) atoms. The van der Waals surface area contributed by atoms with Gasteiger partial charge in [-0.25, -0.2) is 0 Å². The van der Waals surface area contributed by atoms with Crippen LogP contribution < -0.4 is 10.6 Å². The summed E-state index contributed by atoms with van der Waals surface area (Å²) in [5.41, 5.74) is 2.91. The van der Waals surface area contributed by atoms with E-state index in [1.807, 2.05) is 36.5 Å². The average molecular weight is 346 g/mol. The van der Waals surface area contributed by atoms with Crippen molar-refractivity contribution in [3.8, 4) is 0 Å². The van der Waals surface area contributed by atoms with Crippen LogP contribution in [0.3, 0.4) is 0 Å².